The topological polar surface area (TPSA) is 4.93 Å². The van der Waals surface area contributed by atoms with Crippen LogP contribution in [0.4, 0.5) is 0 Å². The molecule has 0 N–H and O–H groups in total. The van der Waals surface area contributed by atoms with Gasteiger partial charge in [0.15, 0.2) is 0 Å². The summed E-state index contributed by atoms with van der Waals surface area (Å²) in [6, 6.07) is 47.1. The molecule has 0 spiro atoms. The van der Waals surface area contributed by atoms with Gasteiger partial charge in [0.1, 0.15) is 0 Å². The Morgan fingerprint density at radius 1 is 0.660 bits per heavy atom. The van der Waals surface area contributed by atoms with Crippen LogP contribution >= 0.6 is 7.26 Å². The van der Waals surface area contributed by atoms with E-state index in [0.717, 1.165) is 12.8 Å². The van der Waals surface area contributed by atoms with Crippen LogP contribution in [0.1, 0.15) is 44.2 Å². The van der Waals surface area contributed by atoms with Gasteiger partial charge < -0.3 is 0 Å². The summed E-state index contributed by atoms with van der Waals surface area (Å²) in [4.78, 5) is 0. The van der Waals surface area contributed by atoms with Gasteiger partial charge in [0.05, 0.1) is 0 Å². The van der Waals surface area contributed by atoms with Gasteiger partial charge in [0, 0.05) is 0 Å². The van der Waals surface area contributed by atoms with Crippen molar-refractivity contribution in [1.82, 2.24) is 4.57 Å². The molecule has 1 aliphatic carbocycles. The second-order valence-corrected chi connectivity index (χ2v) is 16.8. The fraction of sp³-hybridized carbons (Fsp3) is 0.128. The van der Waals surface area contributed by atoms with Crippen molar-refractivity contribution >= 4 is 57.1 Å². The maximum atomic E-state index is 3.89. The Hall–Kier alpha value is -4.55. The normalized spacial score (nSPS) is 15.9. The van der Waals surface area contributed by atoms with Crippen molar-refractivity contribution in [2.45, 2.75) is 33.1 Å². The van der Waals surface area contributed by atoms with Crippen molar-refractivity contribution in [3.05, 3.63) is 185 Å². The van der Waals surface area contributed by atoms with Gasteiger partial charge in [-0.3, -0.25) is 0 Å². The molecule has 1 aliphatic rings. The van der Waals surface area contributed by atoms with Gasteiger partial charge in [-0.05, 0) is 6.92 Å². The molecule has 0 saturated heterocycles. The van der Waals surface area contributed by atoms with E-state index in [9.17, 15) is 0 Å². The summed E-state index contributed by atoms with van der Waals surface area (Å²) in [6.07, 6.45) is 17.2. The molecule has 7 rings (SSSR count). The molecule has 1 saturated carbocycles. The first kappa shape index (κ1) is 33.9. The number of benzene rings is 5. The molecule has 0 atom stereocenters. The number of aromatic nitrogens is 1. The quantitative estimate of drug-likeness (QED) is 0.106. The van der Waals surface area contributed by atoms with E-state index >= 15 is 0 Å². The zero-order chi connectivity index (χ0) is 34.5. The number of hydrogen-bond acceptors (Lipinski definition) is 0. The van der Waals surface area contributed by atoms with Gasteiger partial charge >= 0.3 is 290 Å². The minimum atomic E-state index is -2.35. The second-order valence-electron chi connectivity index (χ2n) is 12.9. The van der Waals surface area contributed by atoms with Crippen LogP contribution in [0.3, 0.4) is 0 Å². The van der Waals surface area contributed by atoms with E-state index in [1.807, 2.05) is 17.9 Å². The third-order valence-electron chi connectivity index (χ3n) is 9.98. The monoisotopic (exact) mass is 843 g/mol. The number of allylic oxidation sites excluding steroid dienone is 8. The van der Waals surface area contributed by atoms with Gasteiger partial charge in [-0.15, -0.1) is 0 Å². The Kier molecular flexibility index (Phi) is 10.3. The third kappa shape index (κ3) is 6.30. The first-order valence-electron chi connectivity index (χ1n) is 17.4. The zero-order valence-electron chi connectivity index (χ0n) is 29.0. The summed E-state index contributed by atoms with van der Waals surface area (Å²) in [6.45, 7) is 4.25. The molecule has 1 aromatic heterocycles. The fourth-order valence-electron chi connectivity index (χ4n) is 7.58. The molecule has 50 heavy (non-hydrogen) atoms. The number of aryl methyl sites for hydroxylation is 1. The SMILES string of the molecule is CC=C1CCCC1=CC(/C=C/c1ccc2c3ccc(/C=C/C)cc3n(C)c2c1)=C([C]#[Os])[P+](c1ccccc1)(c1ccccc1)c1ccccc1. The molecule has 0 unspecified atom stereocenters. The van der Waals surface area contributed by atoms with Gasteiger partial charge in [0.2, 0.25) is 0 Å². The van der Waals surface area contributed by atoms with Crippen molar-refractivity contribution in [2.75, 3.05) is 0 Å². The number of nitrogens with zero attached hydrogens (tertiary/aromatic N) is 1. The Labute approximate surface area is 307 Å². The van der Waals surface area contributed by atoms with Crippen molar-refractivity contribution < 1.29 is 17.9 Å². The molecule has 0 bridgehead atoms. The Morgan fingerprint density at radius 3 is 1.64 bits per heavy atom. The summed E-state index contributed by atoms with van der Waals surface area (Å²) < 4.78 is 6.22. The Morgan fingerprint density at radius 2 is 1.16 bits per heavy atom. The van der Waals surface area contributed by atoms with Gasteiger partial charge in [-0.2, -0.15) is 0 Å². The van der Waals surface area contributed by atoms with Crippen molar-refractivity contribution in [1.29, 1.82) is 0 Å². The molecule has 0 radical (unpaired) electrons. The van der Waals surface area contributed by atoms with Crippen LogP contribution < -0.4 is 15.9 Å². The minimum absolute atomic E-state index is 1.10. The maximum absolute atomic E-state index is 3.89. The van der Waals surface area contributed by atoms with E-state index < -0.39 is 7.26 Å². The summed E-state index contributed by atoms with van der Waals surface area (Å²) in [5.74, 6) is 0. The third-order valence-corrected chi connectivity index (χ3v) is 15.4. The first-order valence-corrected chi connectivity index (χ1v) is 20.5. The van der Waals surface area contributed by atoms with Crippen LogP contribution in [0.15, 0.2) is 174 Å². The standard InChI is InChI=1S/C47H42NP.Os/c1-5-17-36-27-30-44-45-31-28-37(33-47(45)48(4)46(44)32-36)26-29-39(34-40-19-16-18-38(40)6-2)35(3)49(41-20-10-7-11-21-41,42-22-12-8-13-23-42)43-24-14-9-15-25-43;/h5-15,17,20-34H,16,18-19H2,1-2,4H3;/q+1;/b17-5+,29-26+,38-6?,39-35?,40-34?;. The van der Waals surface area contributed by atoms with Crippen LogP contribution in [0.25, 0.3) is 34.0 Å². The molecule has 247 valence electrons. The fourth-order valence-corrected chi connectivity index (χ4v) is 13.4. The van der Waals surface area contributed by atoms with E-state index in [0.29, 0.717) is 0 Å². The van der Waals surface area contributed by atoms with E-state index in [1.54, 1.807) is 0 Å². The van der Waals surface area contributed by atoms with Crippen LogP contribution in [0.2, 0.25) is 0 Å². The van der Waals surface area contributed by atoms with Crippen LogP contribution in [0.5, 0.6) is 0 Å². The summed E-state index contributed by atoms with van der Waals surface area (Å²) >= 11 is 1.85. The van der Waals surface area contributed by atoms with Crippen LogP contribution in [0, 0.1) is 4.37 Å². The summed E-state index contributed by atoms with van der Waals surface area (Å²) in [5, 5.41) is 7.85. The molecule has 1 fully saturated rings. The molecule has 6 aromatic rings. The average molecular weight is 842 g/mol. The molecule has 0 amide bonds. The van der Waals surface area contributed by atoms with E-state index in [-0.39, 0.29) is 0 Å². The van der Waals surface area contributed by atoms with Crippen LogP contribution in [-0.2, 0) is 25.0 Å². The second kappa shape index (κ2) is 15.1. The summed E-state index contributed by atoms with van der Waals surface area (Å²) in [7, 11) is -0.168. The van der Waals surface area contributed by atoms with Gasteiger partial charge in [0.25, 0.3) is 0 Å². The molecular formula is C47H42NOsP+. The number of hydrogen-bond donors (Lipinski definition) is 0. The van der Waals surface area contributed by atoms with Crippen LogP contribution in [-0.4, -0.2) is 4.57 Å². The number of rotatable bonds is 8. The summed E-state index contributed by atoms with van der Waals surface area (Å²) in [5.41, 5.74) is 9.04. The predicted molar refractivity (Wildman–Crippen MR) is 216 cm³/mol. The average Bonchev–Trinajstić information content (AvgIpc) is 3.74. The molecule has 0 aliphatic heterocycles. The zero-order valence-corrected chi connectivity index (χ0v) is 32.4. The predicted octanol–water partition coefficient (Wildman–Crippen LogP) is 11.2. The van der Waals surface area contributed by atoms with Crippen molar-refractivity contribution in [2.24, 2.45) is 7.05 Å². The Bertz CT molecular complexity index is 2270. The Balaban J connectivity index is 1.49. The van der Waals surface area contributed by atoms with Gasteiger partial charge in [-0.1, -0.05) is 12.2 Å². The molecular weight excluding hydrogens is 800 g/mol. The van der Waals surface area contributed by atoms with E-state index in [4.69, 9.17) is 0 Å². The molecule has 5 aromatic carbocycles. The number of fused-ring (bicyclic) bond motifs is 3. The molecule has 1 heterocycles. The molecule has 3 heteroatoms. The van der Waals surface area contributed by atoms with Gasteiger partial charge in [-0.25, -0.2) is 0 Å². The first-order chi connectivity index (χ1) is 24.6. The van der Waals surface area contributed by atoms with E-state index in [1.165, 1.54) is 77.3 Å². The van der Waals surface area contributed by atoms with Crippen molar-refractivity contribution in [3.8, 4) is 4.37 Å². The molecule has 1 nitrogen and oxygen atoms in total. The van der Waals surface area contributed by atoms with E-state index in [2.05, 4.69) is 194 Å². The van der Waals surface area contributed by atoms with Crippen molar-refractivity contribution in [3.63, 3.8) is 0 Å².